The number of rotatable bonds is 11. The van der Waals surface area contributed by atoms with Crippen molar-refractivity contribution in [2.75, 3.05) is 30.3 Å². The number of allylic oxidation sites excluding steroid dienone is 5. The van der Waals surface area contributed by atoms with E-state index in [0.29, 0.717) is 24.1 Å². The molecule has 2 heterocycles. The van der Waals surface area contributed by atoms with Crippen molar-refractivity contribution >= 4 is 11.4 Å². The molecule has 5 heteroatoms. The average molecular weight is 602 g/mol. The van der Waals surface area contributed by atoms with Crippen molar-refractivity contribution in [1.82, 2.24) is 0 Å². The zero-order valence-electron chi connectivity index (χ0n) is 24.6. The van der Waals surface area contributed by atoms with Crippen molar-refractivity contribution in [3.05, 3.63) is 106 Å². The van der Waals surface area contributed by atoms with Crippen molar-refractivity contribution in [2.24, 2.45) is 5.73 Å². The van der Waals surface area contributed by atoms with E-state index in [-0.39, 0.29) is 32.7 Å². The standard InChI is InChI=1S/C18H25N2.C16H23N2.Y/c1-13(2)5-4-6-15-8-10-17-16(9-7-14(3)19)12-20-18(17)11-15;1-12(2)4-3-5-13-6-7-15-14(8-9-17)11-18-16(15)10-13;/h5,7-8,10-11,16,20H,3-4,6,9,12,19H2,1-2H3;4,6-7,10,14,17-18H,3,5,8-9,11H2,1-2H3;/q2*-1;. The van der Waals surface area contributed by atoms with Crippen LogP contribution in [-0.2, 0) is 45.6 Å². The van der Waals surface area contributed by atoms with Crippen molar-refractivity contribution in [3.63, 3.8) is 0 Å². The fourth-order valence-corrected chi connectivity index (χ4v) is 5.21. The Labute approximate surface area is 263 Å². The van der Waals surface area contributed by atoms with Crippen molar-refractivity contribution in [1.29, 1.82) is 0 Å². The van der Waals surface area contributed by atoms with E-state index >= 15 is 0 Å². The SMILES string of the molecule is C=C(N)[CH-]CC1CNc2cc(CCC=C(C)C)ccc21.CC(C)=CCCc1ccc2c(c1)NCC2CC[NH-].[Y]. The van der Waals surface area contributed by atoms with Crippen LogP contribution in [0.2, 0.25) is 0 Å². The Morgan fingerprint density at radius 3 is 1.85 bits per heavy atom. The maximum atomic E-state index is 7.35. The number of aryl methyl sites for hydroxylation is 2. The van der Waals surface area contributed by atoms with E-state index in [1.54, 1.807) is 0 Å². The Hall–Kier alpha value is -2.01. The number of nitrogens with two attached hydrogens (primary N) is 1. The first-order valence-electron chi connectivity index (χ1n) is 14.2. The van der Waals surface area contributed by atoms with Gasteiger partial charge in [-0.25, -0.2) is 13.0 Å². The molecular formula is C34H48N4Y-2. The molecule has 2 aromatic rings. The Balaban J connectivity index is 0.000000268. The summed E-state index contributed by atoms with van der Waals surface area (Å²) in [4.78, 5) is 0. The van der Waals surface area contributed by atoms with Gasteiger partial charge in [0.15, 0.2) is 0 Å². The van der Waals surface area contributed by atoms with E-state index in [9.17, 15) is 0 Å². The van der Waals surface area contributed by atoms with Crippen molar-refractivity contribution < 1.29 is 32.7 Å². The third kappa shape index (κ3) is 10.8. The number of nitrogens with one attached hydrogen (secondary N) is 3. The quantitative estimate of drug-likeness (QED) is 0.178. The van der Waals surface area contributed by atoms with E-state index in [4.69, 9.17) is 11.5 Å². The van der Waals surface area contributed by atoms with Crippen molar-refractivity contribution in [2.45, 2.75) is 78.1 Å². The zero-order chi connectivity index (χ0) is 27.5. The van der Waals surface area contributed by atoms with Crippen LogP contribution in [-0.4, -0.2) is 19.6 Å². The van der Waals surface area contributed by atoms with Crippen LogP contribution in [0, 0.1) is 6.42 Å². The van der Waals surface area contributed by atoms with Gasteiger partial charge >= 0.3 is 0 Å². The Kier molecular flexibility index (Phi) is 14.4. The molecule has 4 rings (SSSR count). The van der Waals surface area contributed by atoms with Gasteiger partial charge in [-0.3, -0.25) is 0 Å². The Bertz CT molecular complexity index is 1130. The van der Waals surface area contributed by atoms with E-state index < -0.39 is 0 Å². The molecule has 209 valence electrons. The largest absolute Gasteiger partial charge is 0.677 e. The molecule has 0 aromatic heterocycles. The fraction of sp³-hybridized carbons (Fsp3) is 0.441. The maximum absolute atomic E-state index is 7.35. The van der Waals surface area contributed by atoms with Gasteiger partial charge < -0.3 is 22.1 Å². The summed E-state index contributed by atoms with van der Waals surface area (Å²) in [6.45, 7) is 14.9. The molecule has 0 bridgehead atoms. The van der Waals surface area contributed by atoms with Gasteiger partial charge in [-0.15, -0.1) is 5.70 Å². The molecule has 0 saturated heterocycles. The third-order valence-corrected chi connectivity index (χ3v) is 7.32. The summed E-state index contributed by atoms with van der Waals surface area (Å²) in [6.07, 6.45) is 13.0. The minimum absolute atomic E-state index is 0. The first-order chi connectivity index (χ1) is 18.3. The van der Waals surface area contributed by atoms with Crippen LogP contribution < -0.4 is 16.4 Å². The number of hydrogen-bond donors (Lipinski definition) is 3. The van der Waals surface area contributed by atoms with E-state index in [2.05, 4.69) is 93.5 Å². The number of hydrogen-bond acceptors (Lipinski definition) is 3. The fourth-order valence-electron chi connectivity index (χ4n) is 5.21. The first-order valence-corrected chi connectivity index (χ1v) is 14.2. The number of benzene rings is 2. The summed E-state index contributed by atoms with van der Waals surface area (Å²) in [5, 5.41) is 6.98. The molecule has 0 fully saturated rings. The molecule has 1 radical (unpaired) electrons. The molecule has 0 amide bonds. The van der Waals surface area contributed by atoms with Gasteiger partial charge in [0.05, 0.1) is 0 Å². The van der Waals surface area contributed by atoms with Gasteiger partial charge in [-0.1, -0.05) is 60.4 Å². The number of fused-ring (bicyclic) bond motifs is 2. The van der Waals surface area contributed by atoms with Crippen LogP contribution in [0.5, 0.6) is 0 Å². The molecule has 5 N–H and O–H groups in total. The molecule has 2 aliphatic heterocycles. The van der Waals surface area contributed by atoms with Crippen molar-refractivity contribution in [3.8, 4) is 0 Å². The van der Waals surface area contributed by atoms with Gasteiger partial charge in [0.25, 0.3) is 0 Å². The number of anilines is 2. The van der Waals surface area contributed by atoms with E-state index in [1.165, 1.54) is 44.8 Å². The Morgan fingerprint density at radius 2 is 1.38 bits per heavy atom. The molecule has 0 aliphatic carbocycles. The summed E-state index contributed by atoms with van der Waals surface area (Å²) >= 11 is 0. The summed E-state index contributed by atoms with van der Waals surface area (Å²) < 4.78 is 0. The van der Waals surface area contributed by atoms with Crippen LogP contribution in [0.25, 0.3) is 5.73 Å². The normalized spacial score (nSPS) is 16.2. The second-order valence-electron chi connectivity index (χ2n) is 11.2. The monoisotopic (exact) mass is 601 g/mol. The molecule has 2 aliphatic rings. The predicted molar refractivity (Wildman–Crippen MR) is 167 cm³/mol. The van der Waals surface area contributed by atoms with Gasteiger partial charge in [0, 0.05) is 63.1 Å². The summed E-state index contributed by atoms with van der Waals surface area (Å²) in [5.74, 6) is 1.07. The molecular weight excluding hydrogens is 553 g/mol. The molecule has 39 heavy (non-hydrogen) atoms. The summed E-state index contributed by atoms with van der Waals surface area (Å²) in [6, 6.07) is 13.6. The second-order valence-corrected chi connectivity index (χ2v) is 11.2. The minimum atomic E-state index is 0. The molecule has 0 spiro atoms. The summed E-state index contributed by atoms with van der Waals surface area (Å²) in [5.41, 5.74) is 24.6. The molecule has 2 atom stereocenters. The van der Waals surface area contributed by atoms with Crippen LogP contribution in [0.3, 0.4) is 0 Å². The van der Waals surface area contributed by atoms with Crippen LogP contribution in [0.1, 0.15) is 87.5 Å². The predicted octanol–water partition coefficient (Wildman–Crippen LogP) is 8.70. The minimum Gasteiger partial charge on any atom is -0.677 e. The van der Waals surface area contributed by atoms with Gasteiger partial charge in [-0.05, 0) is 93.7 Å². The van der Waals surface area contributed by atoms with Crippen LogP contribution in [0.15, 0.2) is 72.0 Å². The van der Waals surface area contributed by atoms with Crippen LogP contribution in [0.4, 0.5) is 11.4 Å². The molecule has 4 nitrogen and oxygen atoms in total. The smallest absolute Gasteiger partial charge is 0.0379 e. The first kappa shape index (κ1) is 33.2. The topological polar surface area (TPSA) is 73.9 Å². The van der Waals surface area contributed by atoms with Gasteiger partial charge in [0.2, 0.25) is 0 Å². The Morgan fingerprint density at radius 1 is 0.897 bits per heavy atom. The second kappa shape index (κ2) is 17.0. The zero-order valence-corrected chi connectivity index (χ0v) is 27.4. The van der Waals surface area contributed by atoms with Gasteiger partial charge in [-0.2, -0.15) is 6.54 Å². The van der Waals surface area contributed by atoms with Gasteiger partial charge in [0.1, 0.15) is 0 Å². The third-order valence-electron chi connectivity index (χ3n) is 7.32. The molecule has 2 aromatic carbocycles. The summed E-state index contributed by atoms with van der Waals surface area (Å²) in [7, 11) is 0. The van der Waals surface area contributed by atoms with E-state index in [1.807, 2.05) is 6.42 Å². The molecule has 0 saturated carbocycles. The molecule has 2 unspecified atom stereocenters. The average Bonchev–Trinajstić information content (AvgIpc) is 3.46. The van der Waals surface area contributed by atoms with Crippen LogP contribution >= 0.6 is 0 Å². The maximum Gasteiger partial charge on any atom is 0.0379 e. The van der Waals surface area contributed by atoms with E-state index in [0.717, 1.165) is 51.6 Å².